The van der Waals surface area contributed by atoms with E-state index in [1.807, 2.05) is 31.2 Å². The lowest BCUT2D eigenvalue weighted by Crippen LogP contribution is -1.99. The fourth-order valence-electron chi connectivity index (χ4n) is 1.07. The molecule has 0 unspecified atom stereocenters. The van der Waals surface area contributed by atoms with Crippen LogP contribution >= 0.6 is 10.6 Å². The van der Waals surface area contributed by atoms with Crippen molar-refractivity contribution in [2.75, 3.05) is 6.26 Å². The first-order chi connectivity index (χ1) is 5.49. The van der Waals surface area contributed by atoms with Gasteiger partial charge in [0.25, 0.3) is 0 Å². The molecule has 0 atom stereocenters. The first-order valence-corrected chi connectivity index (χ1v) is 5.87. The van der Waals surface area contributed by atoms with Gasteiger partial charge in [-0.25, -0.2) is 0 Å². The molecule has 0 saturated carbocycles. The van der Waals surface area contributed by atoms with Crippen LogP contribution in [0.4, 0.5) is 0 Å². The Morgan fingerprint density at radius 3 is 2.33 bits per heavy atom. The zero-order valence-corrected chi connectivity index (χ0v) is 8.14. The molecule has 0 heterocycles. The largest absolute Gasteiger partial charge is 0.299 e. The third kappa shape index (κ3) is 2.85. The van der Waals surface area contributed by atoms with Crippen LogP contribution in [0.3, 0.4) is 0 Å². The van der Waals surface area contributed by atoms with E-state index < -0.39 is 10.6 Å². The molecule has 2 N–H and O–H groups in total. The van der Waals surface area contributed by atoms with Crippen molar-refractivity contribution in [3.63, 3.8) is 0 Å². The van der Waals surface area contributed by atoms with Crippen molar-refractivity contribution < 1.29 is 9.11 Å². The Hall–Kier alpha value is -0.510. The Morgan fingerprint density at radius 2 is 1.83 bits per heavy atom. The first-order valence-electron chi connectivity index (χ1n) is 3.74. The standard InChI is InChI=1S/C9H14O2S/c1-8-5-3-4-6-9(8)7-12(2,10)11/h3-6,10-11H,7H2,1-2H3. The van der Waals surface area contributed by atoms with Crippen molar-refractivity contribution in [1.29, 1.82) is 0 Å². The van der Waals surface area contributed by atoms with Crippen LogP contribution in [-0.4, -0.2) is 15.4 Å². The summed E-state index contributed by atoms with van der Waals surface area (Å²) in [6, 6.07) is 7.75. The predicted molar refractivity (Wildman–Crippen MR) is 53.7 cm³/mol. The van der Waals surface area contributed by atoms with Crippen LogP contribution < -0.4 is 0 Å². The van der Waals surface area contributed by atoms with E-state index in [1.54, 1.807) is 0 Å². The fraction of sp³-hybridized carbons (Fsp3) is 0.333. The summed E-state index contributed by atoms with van der Waals surface area (Å²) in [7, 11) is -2.40. The van der Waals surface area contributed by atoms with Crippen molar-refractivity contribution in [2.24, 2.45) is 0 Å². The lowest BCUT2D eigenvalue weighted by molar-refractivity contribution is 0.493. The maximum atomic E-state index is 9.23. The number of rotatable bonds is 2. The van der Waals surface area contributed by atoms with Crippen LogP contribution in [0.25, 0.3) is 0 Å². The van der Waals surface area contributed by atoms with Crippen LogP contribution in [0.15, 0.2) is 24.3 Å². The highest BCUT2D eigenvalue weighted by atomic mass is 32.3. The van der Waals surface area contributed by atoms with Gasteiger partial charge in [-0.2, -0.15) is 10.6 Å². The zero-order chi connectivity index (χ0) is 9.19. The average molecular weight is 186 g/mol. The summed E-state index contributed by atoms with van der Waals surface area (Å²) in [4.78, 5) is 0. The van der Waals surface area contributed by atoms with Gasteiger partial charge in [-0.05, 0) is 18.1 Å². The summed E-state index contributed by atoms with van der Waals surface area (Å²) in [6.45, 7) is 1.97. The van der Waals surface area contributed by atoms with E-state index in [-0.39, 0.29) is 0 Å². The zero-order valence-electron chi connectivity index (χ0n) is 7.32. The lowest BCUT2D eigenvalue weighted by atomic mass is 10.1. The summed E-state index contributed by atoms with van der Waals surface area (Å²) in [5.41, 5.74) is 2.12. The quantitative estimate of drug-likeness (QED) is 0.745. The van der Waals surface area contributed by atoms with Crippen molar-refractivity contribution in [1.82, 2.24) is 0 Å². The smallest absolute Gasteiger partial charge is 0.0623 e. The Kier molecular flexibility index (Phi) is 2.77. The van der Waals surface area contributed by atoms with Gasteiger partial charge in [0.2, 0.25) is 0 Å². The maximum absolute atomic E-state index is 9.23. The molecular formula is C9H14O2S. The lowest BCUT2D eigenvalue weighted by Gasteiger charge is -2.27. The molecule has 12 heavy (non-hydrogen) atoms. The van der Waals surface area contributed by atoms with Gasteiger partial charge in [0.1, 0.15) is 0 Å². The van der Waals surface area contributed by atoms with E-state index in [0.717, 1.165) is 11.1 Å². The minimum absolute atomic E-state index is 0.361. The Labute approximate surface area is 74.6 Å². The molecule has 0 spiro atoms. The van der Waals surface area contributed by atoms with Crippen LogP contribution in [0.1, 0.15) is 11.1 Å². The summed E-state index contributed by atoms with van der Waals surface area (Å²) < 4.78 is 18.5. The van der Waals surface area contributed by atoms with Gasteiger partial charge in [-0.3, -0.25) is 9.11 Å². The van der Waals surface area contributed by atoms with E-state index in [1.165, 1.54) is 6.26 Å². The van der Waals surface area contributed by atoms with Gasteiger partial charge >= 0.3 is 0 Å². The van der Waals surface area contributed by atoms with Crippen molar-refractivity contribution in [2.45, 2.75) is 12.7 Å². The predicted octanol–water partition coefficient (Wildman–Crippen LogP) is 2.88. The van der Waals surface area contributed by atoms with Gasteiger partial charge < -0.3 is 0 Å². The van der Waals surface area contributed by atoms with Crippen LogP contribution in [0.2, 0.25) is 0 Å². The molecule has 0 radical (unpaired) electrons. The second kappa shape index (κ2) is 3.47. The molecule has 0 amide bonds. The topological polar surface area (TPSA) is 40.5 Å². The summed E-state index contributed by atoms with van der Waals surface area (Å²) in [6.07, 6.45) is 1.47. The summed E-state index contributed by atoms with van der Waals surface area (Å²) in [5, 5.41) is 0. The number of hydrogen-bond donors (Lipinski definition) is 2. The normalized spacial score (nSPS) is 13.0. The summed E-state index contributed by atoms with van der Waals surface area (Å²) >= 11 is 0. The summed E-state index contributed by atoms with van der Waals surface area (Å²) in [5.74, 6) is 0.361. The highest BCUT2D eigenvalue weighted by Crippen LogP contribution is 2.38. The van der Waals surface area contributed by atoms with Gasteiger partial charge in [-0.15, -0.1) is 0 Å². The van der Waals surface area contributed by atoms with Crippen molar-refractivity contribution >= 4 is 10.6 Å². The first kappa shape index (κ1) is 9.58. The molecule has 2 nitrogen and oxygen atoms in total. The monoisotopic (exact) mass is 186 g/mol. The number of hydrogen-bond acceptors (Lipinski definition) is 2. The molecule has 1 aromatic rings. The third-order valence-corrected chi connectivity index (χ3v) is 2.55. The molecule has 0 aliphatic heterocycles. The molecule has 0 bridgehead atoms. The Balaban J connectivity index is 2.83. The minimum atomic E-state index is -2.40. The second-order valence-corrected chi connectivity index (χ2v) is 5.34. The van der Waals surface area contributed by atoms with Crippen molar-refractivity contribution in [3.05, 3.63) is 35.4 Å². The molecule has 1 aromatic carbocycles. The molecule has 0 saturated heterocycles. The van der Waals surface area contributed by atoms with Gasteiger partial charge in [-0.1, -0.05) is 24.3 Å². The highest BCUT2D eigenvalue weighted by molar-refractivity contribution is 8.23. The Morgan fingerprint density at radius 1 is 1.25 bits per heavy atom. The van der Waals surface area contributed by atoms with Gasteiger partial charge in [0, 0.05) is 6.26 Å². The average Bonchev–Trinajstić information content (AvgIpc) is 1.91. The molecule has 0 aliphatic rings. The van der Waals surface area contributed by atoms with E-state index in [9.17, 15) is 9.11 Å². The molecule has 0 aromatic heterocycles. The fourth-order valence-corrected chi connectivity index (χ4v) is 1.98. The van der Waals surface area contributed by atoms with Crippen molar-refractivity contribution in [3.8, 4) is 0 Å². The maximum Gasteiger partial charge on any atom is 0.0623 e. The molecular weight excluding hydrogens is 172 g/mol. The minimum Gasteiger partial charge on any atom is -0.299 e. The third-order valence-electron chi connectivity index (χ3n) is 1.69. The van der Waals surface area contributed by atoms with Crippen LogP contribution in [-0.2, 0) is 5.75 Å². The number of benzene rings is 1. The number of aryl methyl sites for hydroxylation is 1. The van der Waals surface area contributed by atoms with Crippen LogP contribution in [0.5, 0.6) is 0 Å². The molecule has 1 rings (SSSR count). The van der Waals surface area contributed by atoms with E-state index in [4.69, 9.17) is 0 Å². The van der Waals surface area contributed by atoms with E-state index in [2.05, 4.69) is 0 Å². The van der Waals surface area contributed by atoms with Gasteiger partial charge in [0.05, 0.1) is 5.75 Å². The Bertz CT molecular complexity index is 265. The van der Waals surface area contributed by atoms with Crippen LogP contribution in [0, 0.1) is 6.92 Å². The molecule has 0 aliphatic carbocycles. The van der Waals surface area contributed by atoms with E-state index in [0.29, 0.717) is 5.75 Å². The SMILES string of the molecule is Cc1ccccc1CS(C)(O)O. The second-order valence-electron chi connectivity index (χ2n) is 3.06. The van der Waals surface area contributed by atoms with E-state index >= 15 is 0 Å². The highest BCUT2D eigenvalue weighted by Gasteiger charge is 2.06. The van der Waals surface area contributed by atoms with Gasteiger partial charge in [0.15, 0.2) is 0 Å². The molecule has 3 heteroatoms. The molecule has 0 fully saturated rings. The molecule has 68 valence electrons.